The van der Waals surface area contributed by atoms with E-state index < -0.39 is 5.54 Å². The Kier molecular flexibility index (Phi) is 4.51. The summed E-state index contributed by atoms with van der Waals surface area (Å²) in [5.74, 6) is -0.127. The van der Waals surface area contributed by atoms with E-state index in [0.29, 0.717) is 18.1 Å². The van der Waals surface area contributed by atoms with Gasteiger partial charge in [0.15, 0.2) is 0 Å². The highest BCUT2D eigenvalue weighted by Crippen LogP contribution is 2.29. The molecule has 1 aliphatic heterocycles. The van der Waals surface area contributed by atoms with Gasteiger partial charge in [-0.1, -0.05) is 0 Å². The molecule has 3 atom stereocenters. The molecule has 2 aliphatic rings. The molecule has 1 heterocycles. The number of carbonyl (C=O) groups excluding carboxylic acids is 1. The van der Waals surface area contributed by atoms with E-state index in [2.05, 4.69) is 24.1 Å². The maximum atomic E-state index is 12.1. The largest absolute Gasteiger partial charge is 0.468 e. The molecule has 3 unspecified atom stereocenters. The SMILES string of the molecule is COC(=O)C(C)(CC(C)N1CCCC1C)NC1CC1. The van der Waals surface area contributed by atoms with E-state index in [4.69, 9.17) is 4.74 Å². The van der Waals surface area contributed by atoms with Gasteiger partial charge in [-0.25, -0.2) is 0 Å². The van der Waals surface area contributed by atoms with Crippen LogP contribution in [0.1, 0.15) is 52.9 Å². The third kappa shape index (κ3) is 3.48. The fourth-order valence-corrected chi connectivity index (χ4v) is 3.42. The summed E-state index contributed by atoms with van der Waals surface area (Å²) < 4.78 is 5.01. The molecule has 1 N–H and O–H groups in total. The number of rotatable bonds is 6. The highest BCUT2D eigenvalue weighted by atomic mass is 16.5. The standard InChI is InChI=1S/C15H28N2O2/c1-11-6-5-9-17(11)12(2)10-15(3,14(18)19-4)16-13-7-8-13/h11-13,16H,5-10H2,1-4H3. The molecule has 0 aromatic heterocycles. The molecule has 1 saturated heterocycles. The lowest BCUT2D eigenvalue weighted by Crippen LogP contribution is -2.55. The first-order valence-corrected chi connectivity index (χ1v) is 7.58. The lowest BCUT2D eigenvalue weighted by Gasteiger charge is -2.36. The van der Waals surface area contributed by atoms with Gasteiger partial charge in [0.05, 0.1) is 7.11 Å². The summed E-state index contributed by atoms with van der Waals surface area (Å²) in [6, 6.07) is 1.55. The van der Waals surface area contributed by atoms with Crippen LogP contribution in [0.25, 0.3) is 0 Å². The van der Waals surface area contributed by atoms with Gasteiger partial charge in [-0.2, -0.15) is 0 Å². The van der Waals surface area contributed by atoms with Gasteiger partial charge in [0, 0.05) is 18.1 Å². The van der Waals surface area contributed by atoms with Gasteiger partial charge in [-0.05, 0) is 59.4 Å². The highest BCUT2D eigenvalue weighted by Gasteiger charge is 2.42. The minimum Gasteiger partial charge on any atom is -0.468 e. The zero-order valence-corrected chi connectivity index (χ0v) is 12.7. The van der Waals surface area contributed by atoms with E-state index in [-0.39, 0.29) is 5.97 Å². The predicted octanol–water partition coefficient (Wildman–Crippen LogP) is 1.93. The van der Waals surface area contributed by atoms with Crippen molar-refractivity contribution in [3.05, 3.63) is 0 Å². The van der Waals surface area contributed by atoms with Crippen molar-refractivity contribution in [3.63, 3.8) is 0 Å². The number of likely N-dealkylation sites (tertiary alicyclic amines) is 1. The van der Waals surface area contributed by atoms with Crippen molar-refractivity contribution in [1.29, 1.82) is 0 Å². The molecular weight excluding hydrogens is 240 g/mol. The molecule has 4 heteroatoms. The molecular formula is C15H28N2O2. The molecule has 0 aromatic rings. The van der Waals surface area contributed by atoms with E-state index in [9.17, 15) is 4.79 Å². The number of carbonyl (C=O) groups is 1. The number of nitrogens with one attached hydrogen (secondary N) is 1. The number of nitrogens with zero attached hydrogens (tertiary/aromatic N) is 1. The third-order valence-corrected chi connectivity index (χ3v) is 4.61. The molecule has 1 saturated carbocycles. The summed E-state index contributed by atoms with van der Waals surface area (Å²) in [5, 5.41) is 3.49. The monoisotopic (exact) mass is 268 g/mol. The zero-order valence-electron chi connectivity index (χ0n) is 12.7. The lowest BCUT2D eigenvalue weighted by molar-refractivity contribution is -0.149. The molecule has 1 aliphatic carbocycles. The number of methoxy groups -OCH3 is 1. The normalized spacial score (nSPS) is 28.9. The molecule has 0 spiro atoms. The second-order valence-electron chi connectivity index (χ2n) is 6.52. The number of esters is 1. The fourth-order valence-electron chi connectivity index (χ4n) is 3.42. The molecule has 110 valence electrons. The second-order valence-corrected chi connectivity index (χ2v) is 6.52. The van der Waals surface area contributed by atoms with Gasteiger partial charge in [0.25, 0.3) is 0 Å². The van der Waals surface area contributed by atoms with Crippen LogP contribution in [0.2, 0.25) is 0 Å². The number of hydrogen-bond donors (Lipinski definition) is 1. The van der Waals surface area contributed by atoms with Crippen LogP contribution in [0.15, 0.2) is 0 Å². The Bertz CT molecular complexity index is 330. The van der Waals surface area contributed by atoms with Crippen molar-refractivity contribution in [2.24, 2.45) is 0 Å². The van der Waals surface area contributed by atoms with E-state index >= 15 is 0 Å². The van der Waals surface area contributed by atoms with Crippen molar-refractivity contribution >= 4 is 5.97 Å². The van der Waals surface area contributed by atoms with Gasteiger partial charge in [-0.3, -0.25) is 15.0 Å². The maximum absolute atomic E-state index is 12.1. The molecule has 0 amide bonds. The number of ether oxygens (including phenoxy) is 1. The summed E-state index contributed by atoms with van der Waals surface area (Å²) in [4.78, 5) is 14.6. The molecule has 4 nitrogen and oxygen atoms in total. The lowest BCUT2D eigenvalue weighted by atomic mass is 9.92. The summed E-state index contributed by atoms with van der Waals surface area (Å²) in [7, 11) is 1.48. The van der Waals surface area contributed by atoms with Crippen LogP contribution in [0.4, 0.5) is 0 Å². The van der Waals surface area contributed by atoms with Crippen LogP contribution in [-0.4, -0.2) is 48.2 Å². The van der Waals surface area contributed by atoms with Crippen molar-refractivity contribution in [3.8, 4) is 0 Å². The maximum Gasteiger partial charge on any atom is 0.325 e. The van der Waals surface area contributed by atoms with Crippen LogP contribution in [-0.2, 0) is 9.53 Å². The molecule has 19 heavy (non-hydrogen) atoms. The van der Waals surface area contributed by atoms with E-state index in [1.54, 1.807) is 0 Å². The summed E-state index contributed by atoms with van der Waals surface area (Å²) in [6.07, 6.45) is 5.73. The van der Waals surface area contributed by atoms with Crippen LogP contribution in [0.3, 0.4) is 0 Å². The molecule has 2 fully saturated rings. The Balaban J connectivity index is 1.99. The van der Waals surface area contributed by atoms with Crippen molar-refractivity contribution < 1.29 is 9.53 Å². The van der Waals surface area contributed by atoms with Gasteiger partial charge in [0.1, 0.15) is 5.54 Å². The Morgan fingerprint density at radius 3 is 2.63 bits per heavy atom. The topological polar surface area (TPSA) is 41.6 Å². The van der Waals surface area contributed by atoms with Crippen LogP contribution >= 0.6 is 0 Å². The average molecular weight is 268 g/mol. The van der Waals surface area contributed by atoms with E-state index in [0.717, 1.165) is 13.0 Å². The van der Waals surface area contributed by atoms with Gasteiger partial charge in [-0.15, -0.1) is 0 Å². The van der Waals surface area contributed by atoms with E-state index in [1.165, 1.54) is 32.8 Å². The van der Waals surface area contributed by atoms with Gasteiger partial charge < -0.3 is 4.74 Å². The third-order valence-electron chi connectivity index (χ3n) is 4.61. The summed E-state index contributed by atoms with van der Waals surface area (Å²) in [6.45, 7) is 7.67. The quantitative estimate of drug-likeness (QED) is 0.748. The first-order valence-electron chi connectivity index (χ1n) is 7.58. The van der Waals surface area contributed by atoms with Gasteiger partial charge >= 0.3 is 5.97 Å². The Morgan fingerprint density at radius 1 is 1.47 bits per heavy atom. The van der Waals surface area contributed by atoms with Crippen molar-refractivity contribution in [1.82, 2.24) is 10.2 Å². The minimum absolute atomic E-state index is 0.127. The van der Waals surface area contributed by atoms with Crippen molar-refractivity contribution in [2.75, 3.05) is 13.7 Å². The summed E-state index contributed by atoms with van der Waals surface area (Å²) >= 11 is 0. The molecule has 0 aromatic carbocycles. The minimum atomic E-state index is -0.544. The van der Waals surface area contributed by atoms with E-state index in [1.807, 2.05) is 6.92 Å². The second kappa shape index (κ2) is 5.80. The first-order chi connectivity index (χ1) is 8.96. The Hall–Kier alpha value is -0.610. The average Bonchev–Trinajstić information content (AvgIpc) is 3.06. The van der Waals surface area contributed by atoms with Gasteiger partial charge in [0.2, 0.25) is 0 Å². The Labute approximate surface area is 116 Å². The molecule has 0 radical (unpaired) electrons. The zero-order chi connectivity index (χ0) is 14.0. The van der Waals surface area contributed by atoms with Crippen LogP contribution in [0, 0.1) is 0 Å². The predicted molar refractivity (Wildman–Crippen MR) is 76.1 cm³/mol. The van der Waals surface area contributed by atoms with Crippen LogP contribution in [0.5, 0.6) is 0 Å². The molecule has 0 bridgehead atoms. The summed E-state index contributed by atoms with van der Waals surface area (Å²) in [5.41, 5.74) is -0.544. The smallest absolute Gasteiger partial charge is 0.325 e. The van der Waals surface area contributed by atoms with Crippen LogP contribution < -0.4 is 5.32 Å². The van der Waals surface area contributed by atoms with Crippen molar-refractivity contribution in [2.45, 2.75) is 76.5 Å². The molecule has 2 rings (SSSR count). The highest BCUT2D eigenvalue weighted by molar-refractivity contribution is 5.80. The first kappa shape index (κ1) is 14.8. The fraction of sp³-hybridized carbons (Fsp3) is 0.933. The number of hydrogen-bond acceptors (Lipinski definition) is 4. The Morgan fingerprint density at radius 2 is 2.16 bits per heavy atom.